The smallest absolute Gasteiger partial charge is 0.381 e. The Balaban J connectivity index is 0. The number of carbonyl (C=O) groups excluding carboxylic acids is 2. The van der Waals surface area contributed by atoms with Gasteiger partial charge in [0, 0.05) is 12.0 Å². The molecule has 0 spiro atoms. The van der Waals surface area contributed by atoms with Crippen molar-refractivity contribution < 1.29 is 29.3 Å². The first-order valence-electron chi connectivity index (χ1n) is 5.59. The number of hydrogen-bond acceptors (Lipinski definition) is 6. The maximum absolute atomic E-state index is 10.6. The molecule has 0 aliphatic carbocycles. The third-order valence-electron chi connectivity index (χ3n) is 1.98. The first-order valence-corrected chi connectivity index (χ1v) is 5.59. The van der Waals surface area contributed by atoms with Crippen molar-refractivity contribution in [1.29, 1.82) is 0 Å². The van der Waals surface area contributed by atoms with E-state index >= 15 is 0 Å². The predicted octanol–water partition coefficient (Wildman–Crippen LogP) is 0.995. The van der Waals surface area contributed by atoms with E-state index in [0.29, 0.717) is 0 Å². The third-order valence-corrected chi connectivity index (χ3v) is 1.98. The molecule has 0 bridgehead atoms. The van der Waals surface area contributed by atoms with Gasteiger partial charge < -0.3 is 5.11 Å². The van der Waals surface area contributed by atoms with Gasteiger partial charge in [0.1, 0.15) is 6.04 Å². The SMILES string of the molecule is C=C(C)C(=O)OOC(=O)CC.CC(C(=O)O)N(C)C. The molecule has 0 fully saturated rings. The van der Waals surface area contributed by atoms with Crippen molar-refractivity contribution in [3.8, 4) is 0 Å². The van der Waals surface area contributed by atoms with Crippen LogP contribution in [0.15, 0.2) is 12.2 Å². The van der Waals surface area contributed by atoms with Crippen LogP contribution in [0.3, 0.4) is 0 Å². The van der Waals surface area contributed by atoms with Crippen LogP contribution in [0.4, 0.5) is 0 Å². The van der Waals surface area contributed by atoms with Gasteiger partial charge in [-0.25, -0.2) is 19.4 Å². The van der Waals surface area contributed by atoms with Gasteiger partial charge >= 0.3 is 17.9 Å². The summed E-state index contributed by atoms with van der Waals surface area (Å²) >= 11 is 0. The molecule has 1 atom stereocenters. The highest BCUT2D eigenvalue weighted by molar-refractivity contribution is 5.87. The fraction of sp³-hybridized carbons (Fsp3) is 0.583. The monoisotopic (exact) mass is 275 g/mol. The number of carboxylic acids is 1. The fourth-order valence-corrected chi connectivity index (χ4v) is 0.435. The molecular weight excluding hydrogens is 254 g/mol. The van der Waals surface area contributed by atoms with E-state index in [-0.39, 0.29) is 18.0 Å². The minimum atomic E-state index is -0.782. The summed E-state index contributed by atoms with van der Waals surface area (Å²) in [6.45, 7) is 7.99. The van der Waals surface area contributed by atoms with Gasteiger partial charge in [-0.1, -0.05) is 13.5 Å². The Labute approximate surface area is 112 Å². The topological polar surface area (TPSA) is 93.1 Å². The van der Waals surface area contributed by atoms with E-state index in [1.54, 1.807) is 32.8 Å². The molecule has 0 saturated carbocycles. The Kier molecular flexibility index (Phi) is 10.3. The highest BCUT2D eigenvalue weighted by Crippen LogP contribution is 1.94. The van der Waals surface area contributed by atoms with Crippen LogP contribution >= 0.6 is 0 Å². The molecule has 19 heavy (non-hydrogen) atoms. The molecule has 0 saturated heterocycles. The van der Waals surface area contributed by atoms with Gasteiger partial charge in [0.15, 0.2) is 0 Å². The molecular formula is C12H21NO6. The van der Waals surface area contributed by atoms with E-state index in [1.807, 2.05) is 0 Å². The van der Waals surface area contributed by atoms with Crippen LogP contribution in [-0.2, 0) is 24.2 Å². The largest absolute Gasteiger partial charge is 0.480 e. The van der Waals surface area contributed by atoms with E-state index in [0.717, 1.165) is 0 Å². The first kappa shape index (κ1) is 19.4. The zero-order valence-electron chi connectivity index (χ0n) is 11.9. The quantitative estimate of drug-likeness (QED) is 0.464. The lowest BCUT2D eigenvalue weighted by atomic mass is 10.3. The summed E-state index contributed by atoms with van der Waals surface area (Å²) in [4.78, 5) is 40.8. The van der Waals surface area contributed by atoms with Crippen LogP contribution in [0.2, 0.25) is 0 Å². The number of likely N-dealkylation sites (N-methyl/N-ethyl adjacent to an activating group) is 1. The molecule has 0 aromatic heterocycles. The lowest BCUT2D eigenvalue weighted by Gasteiger charge is -2.13. The van der Waals surface area contributed by atoms with E-state index < -0.39 is 17.9 Å². The number of carboxylic acid groups (broad SMARTS) is 1. The fourth-order valence-electron chi connectivity index (χ4n) is 0.435. The zero-order valence-corrected chi connectivity index (χ0v) is 11.9. The second-order valence-corrected chi connectivity index (χ2v) is 3.94. The number of nitrogens with zero attached hydrogens (tertiary/aromatic N) is 1. The summed E-state index contributed by atoms with van der Waals surface area (Å²) in [6, 6.07) is -0.380. The lowest BCUT2D eigenvalue weighted by molar-refractivity contribution is -0.255. The summed E-state index contributed by atoms with van der Waals surface area (Å²) in [7, 11) is 3.47. The maximum Gasteiger partial charge on any atom is 0.381 e. The molecule has 0 aliphatic heterocycles. The number of aliphatic carboxylic acids is 1. The molecule has 0 rings (SSSR count). The molecule has 0 heterocycles. The van der Waals surface area contributed by atoms with Crippen LogP contribution in [0.5, 0.6) is 0 Å². The Morgan fingerprint density at radius 3 is 1.95 bits per heavy atom. The highest BCUT2D eigenvalue weighted by atomic mass is 17.2. The van der Waals surface area contributed by atoms with Crippen molar-refractivity contribution in [3.63, 3.8) is 0 Å². The van der Waals surface area contributed by atoms with Crippen molar-refractivity contribution in [2.45, 2.75) is 33.2 Å². The molecule has 0 aromatic rings. The van der Waals surface area contributed by atoms with Crippen LogP contribution in [0.25, 0.3) is 0 Å². The minimum absolute atomic E-state index is 0.170. The molecule has 1 unspecified atom stereocenters. The lowest BCUT2D eigenvalue weighted by Crippen LogP contribution is -2.32. The second kappa shape index (κ2) is 10.1. The van der Waals surface area contributed by atoms with Crippen molar-refractivity contribution >= 4 is 17.9 Å². The third kappa shape index (κ3) is 11.0. The Morgan fingerprint density at radius 2 is 1.74 bits per heavy atom. The standard InChI is InChI=1S/C7H10O4.C5H11NO2/c1-4-6(8)10-11-7(9)5(2)3;1-4(5(7)8)6(2)3/h2,4H2,1,3H3;4H,1-3H3,(H,7,8). The normalized spacial score (nSPS) is 10.8. The van der Waals surface area contributed by atoms with Crippen LogP contribution in [0.1, 0.15) is 27.2 Å². The average molecular weight is 275 g/mol. The average Bonchev–Trinajstić information content (AvgIpc) is 2.34. The van der Waals surface area contributed by atoms with Crippen molar-refractivity contribution in [2.75, 3.05) is 14.1 Å². The molecule has 7 nitrogen and oxygen atoms in total. The number of carbonyl (C=O) groups is 3. The van der Waals surface area contributed by atoms with Gasteiger partial charge in [0.05, 0.1) is 0 Å². The predicted molar refractivity (Wildman–Crippen MR) is 68.1 cm³/mol. The Bertz CT molecular complexity index is 337. The summed E-state index contributed by atoms with van der Waals surface area (Å²) in [5.41, 5.74) is 0.189. The van der Waals surface area contributed by atoms with Crippen molar-refractivity contribution in [3.05, 3.63) is 12.2 Å². The summed E-state index contributed by atoms with van der Waals surface area (Å²) < 4.78 is 0. The van der Waals surface area contributed by atoms with Gasteiger partial charge in [-0.3, -0.25) is 9.69 Å². The highest BCUT2D eigenvalue weighted by Gasteiger charge is 2.11. The maximum atomic E-state index is 10.6. The van der Waals surface area contributed by atoms with Gasteiger partial charge in [-0.05, 0) is 27.9 Å². The molecule has 110 valence electrons. The molecule has 0 amide bonds. The summed E-state index contributed by atoms with van der Waals surface area (Å²) in [6.07, 6.45) is 0.170. The molecule has 0 aliphatic rings. The first-order chi connectivity index (χ1) is 8.63. The van der Waals surface area contributed by atoms with E-state index in [4.69, 9.17) is 5.11 Å². The molecule has 0 radical (unpaired) electrons. The van der Waals surface area contributed by atoms with Crippen molar-refractivity contribution in [2.24, 2.45) is 0 Å². The second-order valence-electron chi connectivity index (χ2n) is 3.94. The van der Waals surface area contributed by atoms with Gasteiger partial charge in [-0.2, -0.15) is 0 Å². The van der Waals surface area contributed by atoms with Gasteiger partial charge in [0.2, 0.25) is 0 Å². The minimum Gasteiger partial charge on any atom is -0.480 e. The molecule has 7 heteroatoms. The van der Waals surface area contributed by atoms with Crippen LogP contribution in [-0.4, -0.2) is 48.1 Å². The number of rotatable bonds is 4. The zero-order chi connectivity index (χ0) is 15.6. The Morgan fingerprint density at radius 1 is 1.26 bits per heavy atom. The number of hydrogen-bond donors (Lipinski definition) is 1. The molecule has 0 aromatic carbocycles. The van der Waals surface area contributed by atoms with Crippen molar-refractivity contribution in [1.82, 2.24) is 4.90 Å². The van der Waals surface area contributed by atoms with E-state index in [1.165, 1.54) is 6.92 Å². The van der Waals surface area contributed by atoms with E-state index in [9.17, 15) is 14.4 Å². The van der Waals surface area contributed by atoms with Gasteiger partial charge in [-0.15, -0.1) is 0 Å². The van der Waals surface area contributed by atoms with Gasteiger partial charge in [0.25, 0.3) is 0 Å². The summed E-state index contributed by atoms with van der Waals surface area (Å²) in [5.74, 6) is -2.10. The Hall–Kier alpha value is -1.89. The van der Waals surface area contributed by atoms with Crippen LogP contribution in [0, 0.1) is 0 Å². The molecule has 1 N–H and O–H groups in total. The summed E-state index contributed by atoms with van der Waals surface area (Å²) in [5, 5.41) is 8.31. The van der Waals surface area contributed by atoms with Crippen LogP contribution < -0.4 is 0 Å². The van der Waals surface area contributed by atoms with E-state index in [2.05, 4.69) is 16.4 Å².